The molecule has 0 spiro atoms. The topological polar surface area (TPSA) is 37.3 Å². The summed E-state index contributed by atoms with van der Waals surface area (Å²) >= 11 is 0. The zero-order chi connectivity index (χ0) is 13.4. The lowest BCUT2D eigenvalue weighted by Gasteiger charge is -2.54. The van der Waals surface area contributed by atoms with Crippen LogP contribution in [0, 0.1) is 29.6 Å². The zero-order valence-corrected chi connectivity index (χ0v) is 11.7. The molecule has 104 valence electrons. The van der Waals surface area contributed by atoms with E-state index < -0.39 is 5.97 Å². The highest BCUT2D eigenvalue weighted by atomic mass is 16.4. The second kappa shape index (κ2) is 5.15. The lowest BCUT2D eigenvalue weighted by atomic mass is 9.52. The fourth-order valence-corrected chi connectivity index (χ4v) is 4.94. The van der Waals surface area contributed by atoms with Crippen LogP contribution in [0.15, 0.2) is 23.8 Å². The van der Waals surface area contributed by atoms with Crippen molar-refractivity contribution in [2.24, 2.45) is 29.6 Å². The van der Waals surface area contributed by atoms with Crippen molar-refractivity contribution in [2.75, 3.05) is 0 Å². The molecule has 2 nitrogen and oxygen atoms in total. The third-order valence-corrected chi connectivity index (χ3v) is 5.43. The van der Waals surface area contributed by atoms with Crippen LogP contribution in [0.2, 0.25) is 0 Å². The maximum atomic E-state index is 10.5. The minimum atomic E-state index is -0.751. The summed E-state index contributed by atoms with van der Waals surface area (Å²) in [6, 6.07) is 0. The first kappa shape index (κ1) is 13.0. The van der Waals surface area contributed by atoms with Crippen LogP contribution in [-0.2, 0) is 4.79 Å². The van der Waals surface area contributed by atoms with Crippen LogP contribution in [0.3, 0.4) is 0 Å². The molecular weight excluding hydrogens is 236 g/mol. The van der Waals surface area contributed by atoms with Gasteiger partial charge < -0.3 is 5.11 Å². The van der Waals surface area contributed by atoms with Gasteiger partial charge >= 0.3 is 5.97 Å². The summed E-state index contributed by atoms with van der Waals surface area (Å²) in [5.74, 6) is 3.89. The summed E-state index contributed by atoms with van der Waals surface area (Å²) in [7, 11) is 0. The van der Waals surface area contributed by atoms with E-state index in [1.54, 1.807) is 6.08 Å². The van der Waals surface area contributed by atoms with Gasteiger partial charge in [-0.2, -0.15) is 0 Å². The Morgan fingerprint density at radius 2 is 1.68 bits per heavy atom. The molecular formula is C17H24O2. The highest BCUT2D eigenvalue weighted by Crippen LogP contribution is 2.57. The molecule has 0 aromatic carbocycles. The first-order chi connectivity index (χ1) is 9.11. The number of aliphatic carboxylic acids is 1. The molecule has 4 aliphatic rings. The van der Waals surface area contributed by atoms with Crippen LogP contribution in [0.4, 0.5) is 0 Å². The van der Waals surface area contributed by atoms with Crippen molar-refractivity contribution < 1.29 is 9.90 Å². The second-order valence-corrected chi connectivity index (χ2v) is 6.92. The normalized spacial score (nSPS) is 41.1. The molecule has 4 bridgehead atoms. The molecule has 4 rings (SSSR count). The van der Waals surface area contributed by atoms with Gasteiger partial charge in [0.2, 0.25) is 0 Å². The van der Waals surface area contributed by atoms with E-state index in [4.69, 9.17) is 5.11 Å². The van der Waals surface area contributed by atoms with Crippen molar-refractivity contribution >= 4 is 5.97 Å². The predicted molar refractivity (Wildman–Crippen MR) is 75.7 cm³/mol. The number of hydrogen-bond donors (Lipinski definition) is 1. The Kier molecular flexibility index (Phi) is 3.51. The molecule has 4 aliphatic carbocycles. The third kappa shape index (κ3) is 2.77. The summed E-state index contributed by atoms with van der Waals surface area (Å²) in [5.41, 5.74) is 1.25. The lowest BCUT2D eigenvalue weighted by Crippen LogP contribution is -2.44. The van der Waals surface area contributed by atoms with Crippen LogP contribution >= 0.6 is 0 Å². The molecule has 0 atom stereocenters. The average molecular weight is 260 g/mol. The number of carboxylic acid groups (broad SMARTS) is 1. The maximum absolute atomic E-state index is 10.5. The number of carboxylic acids is 1. The SMILES string of the molecule is CC(/C=C/CC(=O)O)=C\C1C2CC3CC(C2)CC1C3. The third-order valence-electron chi connectivity index (χ3n) is 5.43. The van der Waals surface area contributed by atoms with Crippen LogP contribution < -0.4 is 0 Å². The van der Waals surface area contributed by atoms with Crippen molar-refractivity contribution in [3.8, 4) is 0 Å². The van der Waals surface area contributed by atoms with E-state index in [1.807, 2.05) is 6.08 Å². The summed E-state index contributed by atoms with van der Waals surface area (Å²) < 4.78 is 0. The molecule has 4 fully saturated rings. The van der Waals surface area contributed by atoms with Gasteiger partial charge in [0.05, 0.1) is 6.42 Å². The molecule has 1 N–H and O–H groups in total. The second-order valence-electron chi connectivity index (χ2n) is 6.92. The quantitative estimate of drug-likeness (QED) is 0.775. The van der Waals surface area contributed by atoms with E-state index in [-0.39, 0.29) is 6.42 Å². The van der Waals surface area contributed by atoms with Gasteiger partial charge in [-0.1, -0.05) is 23.8 Å². The molecule has 0 unspecified atom stereocenters. The monoisotopic (exact) mass is 260 g/mol. The van der Waals surface area contributed by atoms with E-state index in [9.17, 15) is 4.79 Å². The van der Waals surface area contributed by atoms with Crippen molar-refractivity contribution in [1.82, 2.24) is 0 Å². The summed E-state index contributed by atoms with van der Waals surface area (Å²) in [5, 5.41) is 8.64. The van der Waals surface area contributed by atoms with Gasteiger partial charge in [0, 0.05) is 0 Å². The van der Waals surface area contributed by atoms with Crippen LogP contribution in [0.5, 0.6) is 0 Å². The van der Waals surface area contributed by atoms with Crippen LogP contribution in [-0.4, -0.2) is 11.1 Å². The predicted octanol–water partition coefficient (Wildman–Crippen LogP) is 4.04. The molecule has 0 aromatic rings. The van der Waals surface area contributed by atoms with E-state index in [2.05, 4.69) is 13.0 Å². The van der Waals surface area contributed by atoms with E-state index >= 15 is 0 Å². The van der Waals surface area contributed by atoms with Crippen LogP contribution in [0.25, 0.3) is 0 Å². The standard InChI is InChI=1S/C17H24O2/c1-11(3-2-4-17(18)19)5-16-14-7-12-6-13(9-14)10-15(16)8-12/h2-3,5,12-16H,4,6-10H2,1H3,(H,18,19)/b3-2+,11-5+. The van der Waals surface area contributed by atoms with Gasteiger partial charge in [-0.15, -0.1) is 0 Å². The average Bonchev–Trinajstić information content (AvgIpc) is 2.32. The lowest BCUT2D eigenvalue weighted by molar-refractivity contribution is -0.136. The van der Waals surface area contributed by atoms with Crippen molar-refractivity contribution in [1.29, 1.82) is 0 Å². The van der Waals surface area contributed by atoms with Crippen molar-refractivity contribution in [2.45, 2.75) is 45.4 Å². The Balaban J connectivity index is 1.66. The first-order valence-electron chi connectivity index (χ1n) is 7.68. The Morgan fingerprint density at radius 1 is 1.11 bits per heavy atom. The molecule has 0 amide bonds. The zero-order valence-electron chi connectivity index (χ0n) is 11.7. The van der Waals surface area contributed by atoms with Gasteiger partial charge in [0.1, 0.15) is 0 Å². The van der Waals surface area contributed by atoms with Gasteiger partial charge in [0.15, 0.2) is 0 Å². The van der Waals surface area contributed by atoms with Gasteiger partial charge in [-0.05, 0) is 68.6 Å². The first-order valence-corrected chi connectivity index (χ1v) is 7.68. The highest BCUT2D eigenvalue weighted by Gasteiger charge is 2.47. The fourth-order valence-electron chi connectivity index (χ4n) is 4.94. The molecule has 0 saturated heterocycles. The minimum absolute atomic E-state index is 0.132. The number of allylic oxidation sites excluding steroid dienone is 3. The Bertz CT molecular complexity index is 391. The van der Waals surface area contributed by atoms with E-state index in [0.717, 1.165) is 29.6 Å². The molecule has 0 radical (unpaired) electrons. The summed E-state index contributed by atoms with van der Waals surface area (Å²) in [4.78, 5) is 10.5. The Labute approximate surface area is 115 Å². The van der Waals surface area contributed by atoms with E-state index in [1.165, 1.54) is 37.7 Å². The number of carbonyl (C=O) groups is 1. The fraction of sp³-hybridized carbons (Fsp3) is 0.706. The molecule has 4 saturated carbocycles. The number of hydrogen-bond acceptors (Lipinski definition) is 1. The van der Waals surface area contributed by atoms with E-state index in [0.29, 0.717) is 0 Å². The van der Waals surface area contributed by atoms with Gasteiger partial charge in [-0.25, -0.2) is 0 Å². The Morgan fingerprint density at radius 3 is 2.21 bits per heavy atom. The summed E-state index contributed by atoms with van der Waals surface area (Å²) in [6.45, 7) is 2.11. The molecule has 19 heavy (non-hydrogen) atoms. The largest absolute Gasteiger partial charge is 0.481 e. The smallest absolute Gasteiger partial charge is 0.307 e. The highest BCUT2D eigenvalue weighted by molar-refractivity contribution is 5.68. The molecule has 0 aliphatic heterocycles. The minimum Gasteiger partial charge on any atom is -0.481 e. The summed E-state index contributed by atoms with van der Waals surface area (Å²) in [6.07, 6.45) is 13.6. The molecule has 0 aromatic heterocycles. The molecule has 0 heterocycles. The Hall–Kier alpha value is -1.05. The number of rotatable bonds is 4. The maximum Gasteiger partial charge on any atom is 0.307 e. The van der Waals surface area contributed by atoms with Crippen molar-refractivity contribution in [3.05, 3.63) is 23.8 Å². The van der Waals surface area contributed by atoms with Gasteiger partial charge in [0.25, 0.3) is 0 Å². The molecule has 2 heteroatoms. The van der Waals surface area contributed by atoms with Gasteiger partial charge in [-0.3, -0.25) is 4.79 Å². The van der Waals surface area contributed by atoms with Crippen LogP contribution in [0.1, 0.15) is 45.4 Å². The van der Waals surface area contributed by atoms with Crippen molar-refractivity contribution in [3.63, 3.8) is 0 Å².